The maximum atomic E-state index is 2.58. The molecule has 0 fully saturated rings. The molecule has 0 spiro atoms. The van der Waals surface area contributed by atoms with E-state index < -0.39 is 0 Å². The van der Waals surface area contributed by atoms with Gasteiger partial charge in [-0.2, -0.15) is 0 Å². The molecule has 0 bridgehead atoms. The number of hydrogen-bond donors (Lipinski definition) is 0. The molecular weight excluding hydrogens is 206 g/mol. The molecule has 0 amide bonds. The molecule has 0 atom stereocenters. The molecule has 0 unspecified atom stereocenters. The van der Waals surface area contributed by atoms with Gasteiger partial charge in [-0.15, -0.1) is 0 Å². The number of aryl methyl sites for hydroxylation is 1. The standard InChI is InChI=1S/C16H25N/c1-14(2)17-13-9-5-3-4-6-10-15-11-7-8-12-16(15)17/h7-8,11-12,14H,3-6,9-10,13H2,1-2H3. The highest BCUT2D eigenvalue weighted by Crippen LogP contribution is 2.26. The van der Waals surface area contributed by atoms with Gasteiger partial charge in [0.05, 0.1) is 0 Å². The van der Waals surface area contributed by atoms with Crippen molar-refractivity contribution in [3.05, 3.63) is 29.8 Å². The van der Waals surface area contributed by atoms with E-state index in [1.807, 2.05) is 0 Å². The summed E-state index contributed by atoms with van der Waals surface area (Å²) in [6.07, 6.45) is 8.14. The van der Waals surface area contributed by atoms with Crippen molar-refractivity contribution in [2.45, 2.75) is 58.4 Å². The highest BCUT2D eigenvalue weighted by molar-refractivity contribution is 5.54. The van der Waals surface area contributed by atoms with Crippen LogP contribution in [0.15, 0.2) is 24.3 Å². The second kappa shape index (κ2) is 6.09. The maximum absolute atomic E-state index is 2.58. The first-order chi connectivity index (χ1) is 8.29. The molecule has 0 saturated carbocycles. The van der Waals surface area contributed by atoms with Crippen molar-refractivity contribution in [3.8, 4) is 0 Å². The second-order valence-corrected chi connectivity index (χ2v) is 5.43. The van der Waals surface area contributed by atoms with Gasteiger partial charge in [-0.05, 0) is 44.7 Å². The van der Waals surface area contributed by atoms with Crippen molar-refractivity contribution in [2.24, 2.45) is 0 Å². The zero-order valence-electron chi connectivity index (χ0n) is 11.3. The Balaban J connectivity index is 2.26. The normalized spacial score (nSPS) is 17.9. The van der Waals surface area contributed by atoms with Crippen LogP contribution in [0, 0.1) is 0 Å². The quantitative estimate of drug-likeness (QED) is 0.692. The molecule has 94 valence electrons. The highest BCUT2D eigenvalue weighted by atomic mass is 15.1. The lowest BCUT2D eigenvalue weighted by atomic mass is 10.0. The highest BCUT2D eigenvalue weighted by Gasteiger charge is 2.14. The molecule has 0 radical (unpaired) electrons. The minimum Gasteiger partial charge on any atom is -0.369 e. The van der Waals surface area contributed by atoms with E-state index in [9.17, 15) is 0 Å². The van der Waals surface area contributed by atoms with Crippen LogP contribution in [0.25, 0.3) is 0 Å². The number of anilines is 1. The molecule has 0 saturated heterocycles. The zero-order chi connectivity index (χ0) is 12.1. The third kappa shape index (κ3) is 3.24. The Labute approximate surface area is 106 Å². The number of benzene rings is 1. The van der Waals surface area contributed by atoms with E-state index in [0.29, 0.717) is 6.04 Å². The van der Waals surface area contributed by atoms with Crippen LogP contribution in [0.5, 0.6) is 0 Å². The number of fused-ring (bicyclic) bond motifs is 1. The minimum absolute atomic E-state index is 0.607. The zero-order valence-corrected chi connectivity index (χ0v) is 11.3. The molecule has 1 nitrogen and oxygen atoms in total. The van der Waals surface area contributed by atoms with E-state index in [-0.39, 0.29) is 0 Å². The van der Waals surface area contributed by atoms with Crippen molar-refractivity contribution in [1.82, 2.24) is 0 Å². The van der Waals surface area contributed by atoms with E-state index in [2.05, 4.69) is 43.0 Å². The smallest absolute Gasteiger partial charge is 0.0401 e. The van der Waals surface area contributed by atoms with Crippen LogP contribution in [-0.4, -0.2) is 12.6 Å². The molecule has 1 aromatic rings. The molecule has 2 rings (SSSR count). The van der Waals surface area contributed by atoms with Gasteiger partial charge in [-0.25, -0.2) is 0 Å². The summed E-state index contributed by atoms with van der Waals surface area (Å²) < 4.78 is 0. The van der Waals surface area contributed by atoms with Gasteiger partial charge >= 0.3 is 0 Å². The van der Waals surface area contributed by atoms with Crippen LogP contribution in [0.1, 0.15) is 51.5 Å². The SMILES string of the molecule is CC(C)N1CCCCCCCc2ccccc21. The Bertz CT molecular complexity index is 343. The summed E-state index contributed by atoms with van der Waals surface area (Å²) in [4.78, 5) is 2.58. The van der Waals surface area contributed by atoms with Crippen LogP contribution in [0.4, 0.5) is 5.69 Å². The van der Waals surface area contributed by atoms with Gasteiger partial charge in [0.2, 0.25) is 0 Å². The van der Waals surface area contributed by atoms with Crippen LogP contribution in [0.2, 0.25) is 0 Å². The van der Waals surface area contributed by atoms with E-state index in [4.69, 9.17) is 0 Å². The average molecular weight is 231 g/mol. The first kappa shape index (κ1) is 12.5. The second-order valence-electron chi connectivity index (χ2n) is 5.43. The van der Waals surface area contributed by atoms with Gasteiger partial charge in [0.15, 0.2) is 0 Å². The molecule has 17 heavy (non-hydrogen) atoms. The fourth-order valence-electron chi connectivity index (χ4n) is 2.79. The molecule has 0 aromatic heterocycles. The Morgan fingerprint density at radius 3 is 2.47 bits per heavy atom. The largest absolute Gasteiger partial charge is 0.369 e. The fraction of sp³-hybridized carbons (Fsp3) is 0.625. The summed E-state index contributed by atoms with van der Waals surface area (Å²) in [6, 6.07) is 9.59. The van der Waals surface area contributed by atoms with Gasteiger partial charge in [0.1, 0.15) is 0 Å². The first-order valence-electron chi connectivity index (χ1n) is 7.13. The summed E-state index contributed by atoms with van der Waals surface area (Å²) in [6.45, 7) is 5.83. The number of para-hydroxylation sites is 1. The van der Waals surface area contributed by atoms with E-state index in [0.717, 1.165) is 0 Å². The van der Waals surface area contributed by atoms with Crippen LogP contribution in [-0.2, 0) is 6.42 Å². The summed E-state index contributed by atoms with van der Waals surface area (Å²) >= 11 is 0. The van der Waals surface area contributed by atoms with Gasteiger partial charge in [0, 0.05) is 18.3 Å². The van der Waals surface area contributed by atoms with Crippen LogP contribution in [0.3, 0.4) is 0 Å². The fourth-order valence-corrected chi connectivity index (χ4v) is 2.79. The number of hydrogen-bond acceptors (Lipinski definition) is 1. The van der Waals surface area contributed by atoms with E-state index in [1.165, 1.54) is 50.8 Å². The minimum atomic E-state index is 0.607. The molecule has 1 heteroatoms. The van der Waals surface area contributed by atoms with Crippen molar-refractivity contribution >= 4 is 5.69 Å². The van der Waals surface area contributed by atoms with Crippen LogP contribution < -0.4 is 4.90 Å². The molecule has 0 aliphatic carbocycles. The van der Waals surface area contributed by atoms with Gasteiger partial charge in [-0.1, -0.05) is 37.5 Å². The molecule has 1 aliphatic rings. The predicted molar refractivity (Wildman–Crippen MR) is 75.7 cm³/mol. The van der Waals surface area contributed by atoms with E-state index >= 15 is 0 Å². The van der Waals surface area contributed by atoms with Crippen molar-refractivity contribution in [2.75, 3.05) is 11.4 Å². The Morgan fingerprint density at radius 2 is 1.65 bits per heavy atom. The third-order valence-electron chi connectivity index (χ3n) is 3.77. The molecule has 0 N–H and O–H groups in total. The summed E-state index contributed by atoms with van der Waals surface area (Å²) in [5.74, 6) is 0. The third-order valence-corrected chi connectivity index (χ3v) is 3.77. The summed E-state index contributed by atoms with van der Waals surface area (Å²) in [5, 5.41) is 0. The Morgan fingerprint density at radius 1 is 0.941 bits per heavy atom. The lowest BCUT2D eigenvalue weighted by Gasteiger charge is -2.31. The van der Waals surface area contributed by atoms with Gasteiger partial charge in [0.25, 0.3) is 0 Å². The topological polar surface area (TPSA) is 3.24 Å². The average Bonchev–Trinajstić information content (AvgIpc) is 2.34. The van der Waals surface area contributed by atoms with Crippen molar-refractivity contribution in [1.29, 1.82) is 0 Å². The van der Waals surface area contributed by atoms with Crippen molar-refractivity contribution < 1.29 is 0 Å². The predicted octanol–water partition coefficient (Wildman–Crippen LogP) is 4.41. The maximum Gasteiger partial charge on any atom is 0.0401 e. The lowest BCUT2D eigenvalue weighted by molar-refractivity contribution is 0.572. The Kier molecular flexibility index (Phi) is 4.47. The Hall–Kier alpha value is -0.980. The number of rotatable bonds is 1. The lowest BCUT2D eigenvalue weighted by Crippen LogP contribution is -2.32. The first-order valence-corrected chi connectivity index (χ1v) is 7.13. The molecule has 1 aromatic carbocycles. The number of nitrogens with zero attached hydrogens (tertiary/aromatic N) is 1. The summed E-state index contributed by atoms with van der Waals surface area (Å²) in [7, 11) is 0. The van der Waals surface area contributed by atoms with E-state index in [1.54, 1.807) is 5.56 Å². The van der Waals surface area contributed by atoms with Gasteiger partial charge in [-0.3, -0.25) is 0 Å². The molecular formula is C16H25N. The summed E-state index contributed by atoms with van der Waals surface area (Å²) in [5.41, 5.74) is 3.02. The van der Waals surface area contributed by atoms with Crippen LogP contribution >= 0.6 is 0 Å². The van der Waals surface area contributed by atoms with Gasteiger partial charge < -0.3 is 4.90 Å². The molecule has 1 heterocycles. The van der Waals surface area contributed by atoms with Crippen molar-refractivity contribution in [3.63, 3.8) is 0 Å². The molecule has 1 aliphatic heterocycles. The monoisotopic (exact) mass is 231 g/mol.